The van der Waals surface area contributed by atoms with Crippen LogP contribution in [0.25, 0.3) is 11.6 Å². The molecular formula is C41H33N3O2. The first-order chi connectivity index (χ1) is 22.6. The molecule has 0 fully saturated rings. The number of nitrogens with two attached hydrogens (primary N) is 1. The number of benzene rings is 5. The first-order valence-corrected chi connectivity index (χ1v) is 15.5. The summed E-state index contributed by atoms with van der Waals surface area (Å²) in [6.45, 7) is 0. The molecule has 46 heavy (non-hydrogen) atoms. The number of anilines is 1. The molecule has 0 spiro atoms. The number of rotatable bonds is 4. The third kappa shape index (κ3) is 5.53. The molecule has 5 nitrogen and oxygen atoms in total. The molecular weight excluding hydrogens is 566 g/mol. The van der Waals surface area contributed by atoms with Crippen LogP contribution in [0.2, 0.25) is 0 Å². The minimum atomic E-state index is -1.16. The van der Waals surface area contributed by atoms with Gasteiger partial charge < -0.3 is 11.1 Å². The van der Waals surface area contributed by atoms with Crippen molar-refractivity contribution in [3.05, 3.63) is 177 Å². The summed E-state index contributed by atoms with van der Waals surface area (Å²) in [5.41, 5.74) is 12.8. The lowest BCUT2D eigenvalue weighted by Gasteiger charge is -2.27. The fourth-order valence-electron chi connectivity index (χ4n) is 6.55. The zero-order valence-corrected chi connectivity index (χ0v) is 25.3. The predicted molar refractivity (Wildman–Crippen MR) is 185 cm³/mol. The quantitative estimate of drug-likeness (QED) is 0.245. The molecule has 224 valence electrons. The van der Waals surface area contributed by atoms with E-state index in [1.165, 1.54) is 0 Å². The van der Waals surface area contributed by atoms with Crippen molar-refractivity contribution >= 4 is 40.8 Å². The van der Waals surface area contributed by atoms with Gasteiger partial charge in [0.1, 0.15) is 6.04 Å². The summed E-state index contributed by atoms with van der Waals surface area (Å²) < 4.78 is 0. The lowest BCUT2D eigenvalue weighted by Crippen LogP contribution is -2.48. The highest BCUT2D eigenvalue weighted by molar-refractivity contribution is 6.32. The van der Waals surface area contributed by atoms with E-state index in [0.717, 1.165) is 55.4 Å². The highest BCUT2D eigenvalue weighted by Gasteiger charge is 2.36. The summed E-state index contributed by atoms with van der Waals surface area (Å²) in [7, 11) is 0. The number of nitrogens with zero attached hydrogens (tertiary/aromatic N) is 1. The second kappa shape index (κ2) is 12.8. The van der Waals surface area contributed by atoms with E-state index in [2.05, 4.69) is 58.8 Å². The Morgan fingerprint density at radius 1 is 0.674 bits per heavy atom. The molecule has 5 heteroatoms. The molecule has 0 radical (unpaired) electrons. The molecule has 0 aromatic heterocycles. The van der Waals surface area contributed by atoms with Crippen LogP contribution in [0.5, 0.6) is 0 Å². The molecule has 8 rings (SSSR count). The molecule has 1 aliphatic heterocycles. The largest absolute Gasteiger partial charge is 0.360 e. The molecule has 0 saturated carbocycles. The molecule has 0 saturated heterocycles. The number of ketones is 2. The van der Waals surface area contributed by atoms with Crippen LogP contribution in [0.15, 0.2) is 139 Å². The van der Waals surface area contributed by atoms with Crippen molar-refractivity contribution in [2.75, 3.05) is 5.32 Å². The Morgan fingerprint density at radius 3 is 2.20 bits per heavy atom. The topological polar surface area (TPSA) is 84.5 Å². The fourth-order valence-corrected chi connectivity index (χ4v) is 6.55. The standard InChI is InChI=1S/C32H25NO2.C9H8N2/c33-30-31(34)26(16-15-20-9-3-1-4-10-20)25-18-17-24-23-14-8-7-13-22(23)19-27(21-11-5-2-6-12-21)28(24)29(25)32(30)35;1-2-5-9-8(4-1)10-6-3-7-11-9/h1-14,17-19,27,30H,15-16,33H2;1-7,10H. The third-order valence-corrected chi connectivity index (χ3v) is 8.79. The Bertz CT molecular complexity index is 2240. The summed E-state index contributed by atoms with van der Waals surface area (Å²) in [4.78, 5) is 31.1. The number of allylic oxidation sites excluding steroid dienone is 1. The summed E-state index contributed by atoms with van der Waals surface area (Å²) >= 11 is 0. The minimum Gasteiger partial charge on any atom is -0.360 e. The van der Waals surface area contributed by atoms with Crippen LogP contribution in [-0.2, 0) is 11.2 Å². The summed E-state index contributed by atoms with van der Waals surface area (Å²) in [6.07, 6.45) is 9.02. The Hall–Kier alpha value is -5.65. The van der Waals surface area contributed by atoms with Crippen LogP contribution in [0.1, 0.15) is 39.4 Å². The molecule has 5 aromatic carbocycles. The maximum atomic E-state index is 13.6. The van der Waals surface area contributed by atoms with Gasteiger partial charge in [-0.1, -0.05) is 115 Å². The van der Waals surface area contributed by atoms with Gasteiger partial charge in [0.15, 0.2) is 11.6 Å². The van der Waals surface area contributed by atoms with Crippen LogP contribution in [-0.4, -0.2) is 23.8 Å². The Labute approximate surface area is 267 Å². The van der Waals surface area contributed by atoms with Gasteiger partial charge in [0, 0.05) is 29.5 Å². The number of hydrogen-bond donors (Lipinski definition) is 2. The third-order valence-electron chi connectivity index (χ3n) is 8.79. The second-order valence-electron chi connectivity index (χ2n) is 11.6. The predicted octanol–water partition coefficient (Wildman–Crippen LogP) is 6.10. The number of carbonyl (C=O) groups is 2. The average Bonchev–Trinajstić information content (AvgIpc) is 3.37. The van der Waals surface area contributed by atoms with E-state index in [4.69, 9.17) is 5.73 Å². The highest BCUT2D eigenvalue weighted by atomic mass is 16.2. The van der Waals surface area contributed by atoms with Crippen molar-refractivity contribution in [1.82, 2.24) is 0 Å². The van der Waals surface area contributed by atoms with Gasteiger partial charge in [-0.05, 0) is 68.6 Å². The molecule has 3 aliphatic rings. The zero-order chi connectivity index (χ0) is 31.5. The number of carbonyl (C=O) groups excluding carboxylic acids is 2. The van der Waals surface area contributed by atoms with Crippen molar-refractivity contribution < 1.29 is 9.59 Å². The molecule has 0 amide bonds. The van der Waals surface area contributed by atoms with E-state index in [1.54, 1.807) is 6.21 Å². The number of aryl methyl sites for hydroxylation is 1. The minimum absolute atomic E-state index is 0.101. The van der Waals surface area contributed by atoms with E-state index < -0.39 is 6.04 Å². The molecule has 1 heterocycles. The zero-order valence-electron chi connectivity index (χ0n) is 25.3. The number of Topliss-reactive ketones (excluding diaryl/α,β-unsaturated/α-hetero) is 2. The van der Waals surface area contributed by atoms with Crippen molar-refractivity contribution in [3.63, 3.8) is 0 Å². The normalized spacial score (nSPS) is 17.2. The van der Waals surface area contributed by atoms with Crippen molar-refractivity contribution in [1.29, 1.82) is 0 Å². The molecule has 3 N–H and O–H groups in total. The van der Waals surface area contributed by atoms with Gasteiger partial charge in [-0.25, -0.2) is 0 Å². The second-order valence-corrected chi connectivity index (χ2v) is 11.6. The SMILES string of the molecule is C1=CNc2ccccc2N=C1.NC1C(=O)C(CCc2ccccc2)=c2ccc3c(c2C1=O)C(c1ccccc1)C=c1ccccc1=3. The van der Waals surface area contributed by atoms with E-state index >= 15 is 0 Å². The van der Waals surface area contributed by atoms with Gasteiger partial charge in [0.05, 0.1) is 11.4 Å². The first-order valence-electron chi connectivity index (χ1n) is 15.5. The monoisotopic (exact) mass is 599 g/mol. The Balaban J connectivity index is 0.000000259. The fraction of sp³-hybridized carbons (Fsp3) is 0.0976. The summed E-state index contributed by atoms with van der Waals surface area (Å²) in [5, 5.41) is 7.14. The number of aliphatic imine (C=N–C) groups is 1. The van der Waals surface area contributed by atoms with Gasteiger partial charge in [0.25, 0.3) is 0 Å². The van der Waals surface area contributed by atoms with E-state index in [0.29, 0.717) is 17.6 Å². The summed E-state index contributed by atoms with van der Waals surface area (Å²) in [6, 6.07) is 39.4. The van der Waals surface area contributed by atoms with Gasteiger partial charge >= 0.3 is 0 Å². The maximum absolute atomic E-state index is 13.6. The van der Waals surface area contributed by atoms with Gasteiger partial charge in [0.2, 0.25) is 0 Å². The molecule has 0 bridgehead atoms. The molecule has 5 aromatic rings. The Kier molecular flexibility index (Phi) is 8.07. The molecule has 2 unspecified atom stereocenters. The van der Waals surface area contributed by atoms with Crippen molar-refractivity contribution in [2.24, 2.45) is 10.7 Å². The number of hydrogen-bond acceptors (Lipinski definition) is 5. The highest BCUT2D eigenvalue weighted by Crippen LogP contribution is 2.33. The summed E-state index contributed by atoms with van der Waals surface area (Å²) in [5.74, 6) is -0.635. The van der Waals surface area contributed by atoms with Crippen molar-refractivity contribution in [3.8, 4) is 0 Å². The molecule has 2 aliphatic carbocycles. The van der Waals surface area contributed by atoms with E-state index in [-0.39, 0.29) is 17.5 Å². The van der Waals surface area contributed by atoms with Crippen LogP contribution >= 0.6 is 0 Å². The maximum Gasteiger partial charge on any atom is 0.188 e. The van der Waals surface area contributed by atoms with Crippen LogP contribution in [0.4, 0.5) is 11.4 Å². The van der Waals surface area contributed by atoms with E-state index in [1.807, 2.05) is 91.1 Å². The lowest BCUT2D eigenvalue weighted by atomic mass is 9.76. The van der Waals surface area contributed by atoms with Crippen molar-refractivity contribution in [2.45, 2.75) is 24.8 Å². The number of para-hydroxylation sites is 2. The smallest absolute Gasteiger partial charge is 0.188 e. The molecule has 2 atom stereocenters. The van der Waals surface area contributed by atoms with Crippen LogP contribution in [0, 0.1) is 10.4 Å². The van der Waals surface area contributed by atoms with Crippen LogP contribution in [0.3, 0.4) is 0 Å². The van der Waals surface area contributed by atoms with Gasteiger partial charge in [-0.3, -0.25) is 14.6 Å². The van der Waals surface area contributed by atoms with E-state index in [9.17, 15) is 9.59 Å². The van der Waals surface area contributed by atoms with Crippen LogP contribution < -0.4 is 21.5 Å². The first kappa shape index (κ1) is 29.1. The number of nitrogens with one attached hydrogen (secondary N) is 1. The van der Waals surface area contributed by atoms with Gasteiger partial charge in [-0.2, -0.15) is 0 Å². The Morgan fingerprint density at radius 2 is 1.37 bits per heavy atom. The average molecular weight is 600 g/mol. The van der Waals surface area contributed by atoms with Gasteiger partial charge in [-0.15, -0.1) is 0 Å². The number of fused-ring (bicyclic) bond motifs is 5. The lowest BCUT2D eigenvalue weighted by molar-refractivity contribution is -0.114.